The van der Waals surface area contributed by atoms with Crippen LogP contribution < -0.4 is 0 Å². The lowest BCUT2D eigenvalue weighted by Crippen LogP contribution is -2.43. The van der Waals surface area contributed by atoms with Crippen LogP contribution in [-0.4, -0.2) is 44.4 Å². The molecule has 30 heavy (non-hydrogen) atoms. The first-order valence-electron chi connectivity index (χ1n) is 10.4. The van der Waals surface area contributed by atoms with Gasteiger partial charge >= 0.3 is 0 Å². The molecule has 156 valence electrons. The Balaban J connectivity index is 1.70. The first-order valence-corrected chi connectivity index (χ1v) is 11.4. The molecule has 0 atom stereocenters. The zero-order valence-corrected chi connectivity index (χ0v) is 18.9. The van der Waals surface area contributed by atoms with E-state index in [-0.39, 0.29) is 11.3 Å². The third kappa shape index (κ3) is 4.15. The molecule has 0 spiro atoms. The Kier molecular flexibility index (Phi) is 5.69. The molecular weight excluding hydrogens is 392 g/mol. The number of nitrogens with zero attached hydrogens (tertiary/aromatic N) is 4. The highest BCUT2D eigenvalue weighted by molar-refractivity contribution is 7.99. The normalized spacial score (nSPS) is 13.9. The van der Waals surface area contributed by atoms with Crippen LogP contribution in [0.5, 0.6) is 0 Å². The molecule has 1 saturated heterocycles. The molecule has 3 aromatic rings. The fraction of sp³-hybridized carbons (Fsp3) is 0.375. The maximum absolute atomic E-state index is 12.4. The van der Waals surface area contributed by atoms with Crippen LogP contribution >= 0.6 is 11.8 Å². The second kappa shape index (κ2) is 8.26. The number of para-hydroxylation sites is 1. The van der Waals surface area contributed by atoms with E-state index >= 15 is 0 Å². The van der Waals surface area contributed by atoms with Gasteiger partial charge in [-0.15, -0.1) is 10.2 Å². The molecule has 0 N–H and O–H groups in total. The first kappa shape index (κ1) is 20.7. The first-order chi connectivity index (χ1) is 14.3. The van der Waals surface area contributed by atoms with Gasteiger partial charge in [0, 0.05) is 18.7 Å². The Morgan fingerprint density at radius 1 is 1.03 bits per heavy atom. The number of hydrogen-bond donors (Lipinski definition) is 0. The lowest BCUT2D eigenvalue weighted by molar-refractivity contribution is -0.131. The van der Waals surface area contributed by atoms with Crippen molar-refractivity contribution in [1.82, 2.24) is 19.7 Å². The van der Waals surface area contributed by atoms with Crippen LogP contribution in [0.15, 0.2) is 53.7 Å². The second-order valence-corrected chi connectivity index (χ2v) is 9.72. The Bertz CT molecular complexity index is 1050. The number of carbonyl (C=O) groups is 1. The molecule has 2 aromatic carbocycles. The summed E-state index contributed by atoms with van der Waals surface area (Å²) in [6.07, 6.45) is 1.10. The van der Waals surface area contributed by atoms with E-state index in [0.717, 1.165) is 47.3 Å². The summed E-state index contributed by atoms with van der Waals surface area (Å²) in [5.41, 5.74) is 4.57. The van der Waals surface area contributed by atoms with Gasteiger partial charge in [0.15, 0.2) is 11.0 Å². The van der Waals surface area contributed by atoms with Crippen molar-refractivity contribution in [2.24, 2.45) is 0 Å². The van der Waals surface area contributed by atoms with E-state index in [4.69, 9.17) is 0 Å². The summed E-state index contributed by atoms with van der Waals surface area (Å²) in [7, 11) is 0. The van der Waals surface area contributed by atoms with Crippen molar-refractivity contribution in [1.29, 1.82) is 0 Å². The minimum atomic E-state index is 0.0977. The molecule has 0 bridgehead atoms. The van der Waals surface area contributed by atoms with Crippen LogP contribution in [0.1, 0.15) is 38.3 Å². The molecular formula is C24H28N4OS. The number of amides is 1. The number of hydrogen-bond acceptors (Lipinski definition) is 4. The standard InChI is InChI=1S/C24H28N4OS/c1-17-8-5-6-9-20(17)28-22(18-10-12-19(13-11-18)24(2,3)4)25-26-23(28)30-16-21(29)27-14-7-15-27/h5-6,8-13H,7,14-16H2,1-4H3. The van der Waals surface area contributed by atoms with Crippen LogP contribution in [0.25, 0.3) is 17.1 Å². The number of carbonyl (C=O) groups excluding carboxylic acids is 1. The summed E-state index contributed by atoms with van der Waals surface area (Å²) in [5, 5.41) is 9.73. The highest BCUT2D eigenvalue weighted by Gasteiger charge is 2.23. The van der Waals surface area contributed by atoms with E-state index in [0.29, 0.717) is 5.75 Å². The molecule has 1 aliphatic rings. The van der Waals surface area contributed by atoms with E-state index in [1.165, 1.54) is 17.3 Å². The van der Waals surface area contributed by atoms with Crippen molar-refractivity contribution in [2.45, 2.75) is 44.7 Å². The van der Waals surface area contributed by atoms with Crippen molar-refractivity contribution < 1.29 is 4.79 Å². The van der Waals surface area contributed by atoms with Crippen molar-refractivity contribution >= 4 is 17.7 Å². The molecule has 6 heteroatoms. The molecule has 0 aliphatic carbocycles. The van der Waals surface area contributed by atoms with Gasteiger partial charge in [-0.25, -0.2) is 0 Å². The lowest BCUT2D eigenvalue weighted by Gasteiger charge is -2.30. The van der Waals surface area contributed by atoms with E-state index in [9.17, 15) is 4.79 Å². The van der Waals surface area contributed by atoms with Gasteiger partial charge < -0.3 is 4.90 Å². The Morgan fingerprint density at radius 2 is 1.73 bits per heavy atom. The molecule has 1 amide bonds. The van der Waals surface area contributed by atoms with Gasteiger partial charge in [-0.1, -0.05) is 75.0 Å². The van der Waals surface area contributed by atoms with Gasteiger partial charge in [-0.3, -0.25) is 9.36 Å². The third-order valence-electron chi connectivity index (χ3n) is 5.53. The number of thioether (sulfide) groups is 1. The molecule has 0 unspecified atom stereocenters. The van der Waals surface area contributed by atoms with E-state index in [2.05, 4.69) is 78.9 Å². The summed E-state index contributed by atoms with van der Waals surface area (Å²) in [6, 6.07) is 16.8. The van der Waals surface area contributed by atoms with Crippen molar-refractivity contribution in [3.8, 4) is 17.1 Å². The van der Waals surface area contributed by atoms with Crippen molar-refractivity contribution in [2.75, 3.05) is 18.8 Å². The fourth-order valence-corrected chi connectivity index (χ4v) is 4.33. The minimum Gasteiger partial charge on any atom is -0.342 e. The second-order valence-electron chi connectivity index (χ2n) is 8.78. The molecule has 5 nitrogen and oxygen atoms in total. The highest BCUT2D eigenvalue weighted by atomic mass is 32.2. The molecule has 1 fully saturated rings. The van der Waals surface area contributed by atoms with E-state index < -0.39 is 0 Å². The molecule has 4 rings (SSSR count). The molecule has 0 radical (unpaired) electrons. The van der Waals surface area contributed by atoms with Crippen molar-refractivity contribution in [3.63, 3.8) is 0 Å². The monoisotopic (exact) mass is 420 g/mol. The van der Waals surface area contributed by atoms with Gasteiger partial charge in [-0.05, 0) is 36.0 Å². The van der Waals surface area contributed by atoms with Crippen LogP contribution in [-0.2, 0) is 10.2 Å². The topological polar surface area (TPSA) is 51.0 Å². The summed E-state index contributed by atoms with van der Waals surface area (Å²) in [4.78, 5) is 14.3. The molecule has 0 saturated carbocycles. The number of aromatic nitrogens is 3. The van der Waals surface area contributed by atoms with Gasteiger partial charge in [0.25, 0.3) is 0 Å². The molecule has 1 aromatic heterocycles. The fourth-order valence-electron chi connectivity index (χ4n) is 3.48. The highest BCUT2D eigenvalue weighted by Crippen LogP contribution is 2.31. The Labute approximate surface area is 182 Å². The smallest absolute Gasteiger partial charge is 0.233 e. The average molecular weight is 421 g/mol. The maximum Gasteiger partial charge on any atom is 0.233 e. The van der Waals surface area contributed by atoms with E-state index in [1.54, 1.807) is 0 Å². The zero-order valence-electron chi connectivity index (χ0n) is 18.1. The predicted octanol–water partition coefficient (Wildman–Crippen LogP) is 4.86. The van der Waals surface area contributed by atoms with Crippen LogP contribution in [0, 0.1) is 6.92 Å². The molecule has 1 aliphatic heterocycles. The summed E-state index contributed by atoms with van der Waals surface area (Å²) >= 11 is 1.46. The number of likely N-dealkylation sites (tertiary alicyclic amines) is 1. The molecule has 2 heterocycles. The third-order valence-corrected chi connectivity index (χ3v) is 6.45. The largest absolute Gasteiger partial charge is 0.342 e. The van der Waals surface area contributed by atoms with Gasteiger partial charge in [0.2, 0.25) is 5.91 Å². The lowest BCUT2D eigenvalue weighted by atomic mass is 9.87. The summed E-state index contributed by atoms with van der Waals surface area (Å²) in [6.45, 7) is 10.5. The Morgan fingerprint density at radius 3 is 2.33 bits per heavy atom. The van der Waals surface area contributed by atoms with Gasteiger partial charge in [0.1, 0.15) is 0 Å². The van der Waals surface area contributed by atoms with E-state index in [1.807, 2.05) is 17.0 Å². The number of aryl methyl sites for hydroxylation is 1. The zero-order chi connectivity index (χ0) is 21.3. The average Bonchev–Trinajstić information content (AvgIpc) is 3.08. The van der Waals surface area contributed by atoms with Crippen LogP contribution in [0.2, 0.25) is 0 Å². The predicted molar refractivity (Wildman–Crippen MR) is 122 cm³/mol. The van der Waals surface area contributed by atoms with Crippen LogP contribution in [0.4, 0.5) is 0 Å². The summed E-state index contributed by atoms with van der Waals surface area (Å²) in [5.74, 6) is 1.35. The Hall–Kier alpha value is -2.60. The number of benzene rings is 2. The summed E-state index contributed by atoms with van der Waals surface area (Å²) < 4.78 is 2.08. The minimum absolute atomic E-state index is 0.0977. The quantitative estimate of drug-likeness (QED) is 0.553. The van der Waals surface area contributed by atoms with Crippen molar-refractivity contribution in [3.05, 3.63) is 59.7 Å². The number of rotatable bonds is 5. The maximum atomic E-state index is 12.4. The van der Waals surface area contributed by atoms with Gasteiger partial charge in [0.05, 0.1) is 11.4 Å². The SMILES string of the molecule is Cc1ccccc1-n1c(SCC(=O)N2CCC2)nnc1-c1ccc(C(C)(C)C)cc1. The van der Waals surface area contributed by atoms with Crippen LogP contribution in [0.3, 0.4) is 0 Å². The van der Waals surface area contributed by atoms with Gasteiger partial charge in [-0.2, -0.15) is 0 Å².